The molecule has 0 radical (unpaired) electrons. The fraction of sp³-hybridized carbons (Fsp3) is 0.263. The van der Waals surface area contributed by atoms with Crippen molar-refractivity contribution in [2.24, 2.45) is 0 Å². The largest absolute Gasteiger partial charge is 0.338 e. The Hall–Kier alpha value is -2.46. The van der Waals surface area contributed by atoms with Crippen LogP contribution in [0, 0.1) is 6.92 Å². The summed E-state index contributed by atoms with van der Waals surface area (Å²) in [6.45, 7) is 2.95. The lowest BCUT2D eigenvalue weighted by Gasteiger charge is -2.23. The number of nitrogens with one attached hydrogen (secondary N) is 1. The van der Waals surface area contributed by atoms with E-state index >= 15 is 0 Å². The maximum absolute atomic E-state index is 5.51. The molecule has 1 N–H and O–H groups in total. The standard InChI is InChI=1S/C19H19N3O/c1-13-6-2-3-7-14(13)11-18-21-19(23-22-18)17-10-15-8-4-5-9-16(15)12-20-17/h2-9,17,20H,10-12H2,1H3/t17-/m1/s1. The van der Waals surface area contributed by atoms with Crippen LogP contribution in [0.3, 0.4) is 0 Å². The van der Waals surface area contributed by atoms with Crippen LogP contribution in [0.4, 0.5) is 0 Å². The first-order valence-electron chi connectivity index (χ1n) is 7.97. The van der Waals surface area contributed by atoms with Crippen LogP contribution in [0.5, 0.6) is 0 Å². The molecule has 4 rings (SSSR count). The Morgan fingerprint density at radius 1 is 1.09 bits per heavy atom. The highest BCUT2D eigenvalue weighted by molar-refractivity contribution is 5.31. The van der Waals surface area contributed by atoms with Crippen LogP contribution >= 0.6 is 0 Å². The van der Waals surface area contributed by atoms with Gasteiger partial charge in [0.05, 0.1) is 6.04 Å². The van der Waals surface area contributed by atoms with Crippen LogP contribution in [0.2, 0.25) is 0 Å². The first-order valence-corrected chi connectivity index (χ1v) is 7.97. The number of benzene rings is 2. The van der Waals surface area contributed by atoms with Gasteiger partial charge in [0.15, 0.2) is 5.82 Å². The van der Waals surface area contributed by atoms with Gasteiger partial charge >= 0.3 is 0 Å². The molecule has 0 aliphatic carbocycles. The summed E-state index contributed by atoms with van der Waals surface area (Å²) in [5, 5.41) is 7.64. The minimum atomic E-state index is 0.100. The van der Waals surface area contributed by atoms with Gasteiger partial charge in [-0.05, 0) is 35.6 Å². The van der Waals surface area contributed by atoms with Crippen LogP contribution in [0.25, 0.3) is 0 Å². The van der Waals surface area contributed by atoms with Crippen molar-refractivity contribution >= 4 is 0 Å². The third-order valence-corrected chi connectivity index (χ3v) is 4.47. The van der Waals surface area contributed by atoms with E-state index in [0.717, 1.165) is 18.8 Å². The van der Waals surface area contributed by atoms with Crippen molar-refractivity contribution in [2.75, 3.05) is 0 Å². The predicted molar refractivity (Wildman–Crippen MR) is 88.0 cm³/mol. The van der Waals surface area contributed by atoms with Crippen molar-refractivity contribution in [1.82, 2.24) is 15.5 Å². The van der Waals surface area contributed by atoms with Gasteiger partial charge < -0.3 is 9.84 Å². The summed E-state index contributed by atoms with van der Waals surface area (Å²) in [5.74, 6) is 1.43. The molecule has 0 unspecified atom stereocenters. The maximum atomic E-state index is 5.51. The number of hydrogen-bond donors (Lipinski definition) is 1. The van der Waals surface area contributed by atoms with Gasteiger partial charge in [-0.15, -0.1) is 0 Å². The Labute approximate surface area is 135 Å². The molecule has 23 heavy (non-hydrogen) atoms. The summed E-state index contributed by atoms with van der Waals surface area (Å²) in [6.07, 6.45) is 1.60. The smallest absolute Gasteiger partial charge is 0.244 e. The van der Waals surface area contributed by atoms with Gasteiger partial charge in [-0.25, -0.2) is 0 Å². The molecular formula is C19H19N3O. The second-order valence-corrected chi connectivity index (χ2v) is 6.06. The van der Waals surface area contributed by atoms with Crippen LogP contribution in [-0.2, 0) is 19.4 Å². The fourth-order valence-electron chi connectivity index (χ4n) is 3.09. The highest BCUT2D eigenvalue weighted by atomic mass is 16.5. The average Bonchev–Trinajstić information content (AvgIpc) is 3.05. The zero-order valence-electron chi connectivity index (χ0n) is 13.1. The van der Waals surface area contributed by atoms with E-state index in [-0.39, 0.29) is 6.04 Å². The monoisotopic (exact) mass is 305 g/mol. The number of nitrogens with zero attached hydrogens (tertiary/aromatic N) is 2. The molecule has 3 aromatic rings. The molecule has 116 valence electrons. The Balaban J connectivity index is 1.52. The highest BCUT2D eigenvalue weighted by Crippen LogP contribution is 2.25. The van der Waals surface area contributed by atoms with Crippen molar-refractivity contribution < 1.29 is 4.52 Å². The van der Waals surface area contributed by atoms with Crippen molar-refractivity contribution in [3.05, 3.63) is 82.5 Å². The molecule has 0 amide bonds. The lowest BCUT2D eigenvalue weighted by molar-refractivity contribution is 0.319. The molecule has 2 aromatic carbocycles. The molecule has 2 heterocycles. The van der Waals surface area contributed by atoms with Crippen molar-refractivity contribution in [3.8, 4) is 0 Å². The van der Waals surface area contributed by atoms with Crippen molar-refractivity contribution in [2.45, 2.75) is 32.4 Å². The van der Waals surface area contributed by atoms with Gasteiger partial charge in [-0.1, -0.05) is 53.7 Å². The van der Waals surface area contributed by atoms with Crippen LogP contribution in [0.1, 0.15) is 40.0 Å². The molecular weight excluding hydrogens is 286 g/mol. The zero-order valence-corrected chi connectivity index (χ0v) is 13.1. The SMILES string of the molecule is Cc1ccccc1Cc1noc([C@H]2Cc3ccccc3CN2)n1. The molecule has 1 atom stereocenters. The molecule has 0 spiro atoms. The quantitative estimate of drug-likeness (QED) is 0.806. The average molecular weight is 305 g/mol. The van der Waals surface area contributed by atoms with E-state index in [4.69, 9.17) is 4.52 Å². The molecule has 4 heteroatoms. The van der Waals surface area contributed by atoms with E-state index in [0.29, 0.717) is 12.3 Å². The maximum Gasteiger partial charge on any atom is 0.244 e. The lowest BCUT2D eigenvalue weighted by atomic mass is 9.96. The van der Waals surface area contributed by atoms with E-state index in [2.05, 4.69) is 58.8 Å². The molecule has 4 nitrogen and oxygen atoms in total. The summed E-state index contributed by atoms with van der Waals surface area (Å²) in [4.78, 5) is 4.60. The molecule has 0 fully saturated rings. The summed E-state index contributed by atoms with van der Waals surface area (Å²) in [7, 11) is 0. The summed E-state index contributed by atoms with van der Waals surface area (Å²) < 4.78 is 5.51. The minimum absolute atomic E-state index is 0.100. The summed E-state index contributed by atoms with van der Waals surface area (Å²) in [6, 6.07) is 16.9. The second-order valence-electron chi connectivity index (χ2n) is 6.06. The number of aryl methyl sites for hydroxylation is 1. The molecule has 0 saturated heterocycles. The van der Waals surface area contributed by atoms with Crippen LogP contribution in [-0.4, -0.2) is 10.1 Å². The third-order valence-electron chi connectivity index (χ3n) is 4.47. The Kier molecular flexibility index (Phi) is 3.67. The minimum Gasteiger partial charge on any atom is -0.338 e. The summed E-state index contributed by atoms with van der Waals surface area (Å²) in [5.41, 5.74) is 5.20. The van der Waals surface area contributed by atoms with Gasteiger partial charge in [-0.3, -0.25) is 0 Å². The van der Waals surface area contributed by atoms with Crippen molar-refractivity contribution in [3.63, 3.8) is 0 Å². The van der Waals surface area contributed by atoms with Crippen molar-refractivity contribution in [1.29, 1.82) is 0 Å². The first-order chi connectivity index (χ1) is 11.3. The van der Waals surface area contributed by atoms with Gasteiger partial charge in [0.25, 0.3) is 0 Å². The Bertz CT molecular complexity index is 825. The van der Waals surface area contributed by atoms with E-state index < -0.39 is 0 Å². The third kappa shape index (κ3) is 2.90. The Morgan fingerprint density at radius 3 is 2.74 bits per heavy atom. The molecule has 0 saturated carbocycles. The van der Waals surface area contributed by atoms with E-state index in [1.54, 1.807) is 0 Å². The topological polar surface area (TPSA) is 51.0 Å². The normalized spacial score (nSPS) is 17.0. The lowest BCUT2D eigenvalue weighted by Crippen LogP contribution is -2.28. The van der Waals surface area contributed by atoms with Gasteiger partial charge in [0.2, 0.25) is 5.89 Å². The molecule has 0 bridgehead atoms. The van der Waals surface area contributed by atoms with Gasteiger partial charge in [0, 0.05) is 13.0 Å². The second kappa shape index (κ2) is 5.97. The van der Waals surface area contributed by atoms with E-state index in [1.807, 2.05) is 12.1 Å². The zero-order chi connectivity index (χ0) is 15.6. The number of rotatable bonds is 3. The summed E-state index contributed by atoms with van der Waals surface area (Å²) >= 11 is 0. The van der Waals surface area contributed by atoms with Crippen LogP contribution in [0.15, 0.2) is 53.1 Å². The fourth-order valence-corrected chi connectivity index (χ4v) is 3.09. The molecule has 1 aliphatic rings. The van der Waals surface area contributed by atoms with Gasteiger partial charge in [-0.2, -0.15) is 4.98 Å². The van der Waals surface area contributed by atoms with E-state index in [1.165, 1.54) is 22.3 Å². The highest BCUT2D eigenvalue weighted by Gasteiger charge is 2.24. The number of fused-ring (bicyclic) bond motifs is 1. The predicted octanol–water partition coefficient (Wildman–Crippen LogP) is 3.36. The number of aromatic nitrogens is 2. The van der Waals surface area contributed by atoms with E-state index in [9.17, 15) is 0 Å². The number of hydrogen-bond acceptors (Lipinski definition) is 4. The van der Waals surface area contributed by atoms with Gasteiger partial charge in [0.1, 0.15) is 0 Å². The first kappa shape index (κ1) is 14.2. The molecule has 1 aromatic heterocycles. The Morgan fingerprint density at radius 2 is 1.87 bits per heavy atom. The van der Waals surface area contributed by atoms with Crippen LogP contribution < -0.4 is 5.32 Å². The molecule has 1 aliphatic heterocycles.